The Balaban J connectivity index is 1.99. The molecule has 0 aromatic heterocycles. The van der Waals surface area contributed by atoms with Gasteiger partial charge in [-0.3, -0.25) is 4.79 Å². The number of halogens is 1. The average molecular weight is 348 g/mol. The smallest absolute Gasteiger partial charge is 0.265 e. The van der Waals surface area contributed by atoms with Gasteiger partial charge in [-0.15, -0.1) is 0 Å². The van der Waals surface area contributed by atoms with Gasteiger partial charge in [-0.1, -0.05) is 17.7 Å². The molecule has 2 aromatic rings. The molecule has 4 nitrogen and oxygen atoms in total. The lowest BCUT2D eigenvalue weighted by molar-refractivity contribution is -0.122. The van der Waals surface area contributed by atoms with Crippen LogP contribution < -0.4 is 14.8 Å². The number of hydrogen-bond acceptors (Lipinski definition) is 3. The quantitative estimate of drug-likeness (QED) is 0.813. The highest BCUT2D eigenvalue weighted by molar-refractivity contribution is 6.31. The number of aryl methyl sites for hydroxylation is 1. The zero-order chi connectivity index (χ0) is 17.7. The molecule has 0 spiro atoms. The Bertz CT molecular complexity index is 716. The molecule has 0 saturated carbocycles. The van der Waals surface area contributed by atoms with Crippen molar-refractivity contribution in [3.8, 4) is 11.5 Å². The number of hydrogen-bond donors (Lipinski definition) is 1. The molecule has 1 unspecified atom stereocenters. The van der Waals surface area contributed by atoms with E-state index in [1.54, 1.807) is 25.1 Å². The van der Waals surface area contributed by atoms with E-state index in [1.807, 2.05) is 45.0 Å². The zero-order valence-electron chi connectivity index (χ0n) is 14.3. The number of ether oxygens (including phenoxy) is 2. The average Bonchev–Trinajstić information content (AvgIpc) is 2.50. The van der Waals surface area contributed by atoms with Gasteiger partial charge < -0.3 is 14.8 Å². The maximum atomic E-state index is 12.3. The summed E-state index contributed by atoms with van der Waals surface area (Å²) in [4.78, 5) is 12.3. The summed E-state index contributed by atoms with van der Waals surface area (Å²) >= 11 is 5.99. The molecule has 0 fully saturated rings. The molecule has 0 bridgehead atoms. The van der Waals surface area contributed by atoms with Crippen LogP contribution in [-0.2, 0) is 4.79 Å². The van der Waals surface area contributed by atoms with E-state index in [4.69, 9.17) is 21.1 Å². The summed E-state index contributed by atoms with van der Waals surface area (Å²) in [6, 6.07) is 12.6. The van der Waals surface area contributed by atoms with Crippen LogP contribution in [0.2, 0.25) is 5.02 Å². The molecule has 0 radical (unpaired) electrons. The molecule has 0 aliphatic heterocycles. The Morgan fingerprint density at radius 3 is 2.42 bits per heavy atom. The minimum absolute atomic E-state index is 0.0753. The first-order valence-electron chi connectivity index (χ1n) is 7.85. The summed E-state index contributed by atoms with van der Waals surface area (Å²) in [5.74, 6) is 1.09. The molecule has 1 amide bonds. The number of carbonyl (C=O) groups is 1. The van der Waals surface area contributed by atoms with Crippen molar-refractivity contribution in [3.63, 3.8) is 0 Å². The standard InChI is InChI=1S/C19H22ClNO3/c1-12(2)23-16-7-5-6-15(11-16)21-19(22)14(4)24-17-8-9-18(20)13(3)10-17/h5-12,14H,1-4H3,(H,21,22). The van der Waals surface area contributed by atoms with E-state index >= 15 is 0 Å². The van der Waals surface area contributed by atoms with Crippen molar-refractivity contribution in [2.75, 3.05) is 5.32 Å². The summed E-state index contributed by atoms with van der Waals surface area (Å²) in [5.41, 5.74) is 1.57. The van der Waals surface area contributed by atoms with E-state index in [0.29, 0.717) is 22.2 Å². The molecule has 128 valence electrons. The zero-order valence-corrected chi connectivity index (χ0v) is 15.1. The van der Waals surface area contributed by atoms with Crippen LogP contribution in [0.4, 0.5) is 5.69 Å². The Hall–Kier alpha value is -2.20. The molecule has 0 aliphatic rings. The summed E-state index contributed by atoms with van der Waals surface area (Å²) in [6.07, 6.45) is -0.563. The monoisotopic (exact) mass is 347 g/mol. The Morgan fingerprint density at radius 1 is 1.04 bits per heavy atom. The first-order valence-corrected chi connectivity index (χ1v) is 8.23. The van der Waals surface area contributed by atoms with Crippen molar-refractivity contribution in [2.45, 2.75) is 39.9 Å². The normalized spacial score (nSPS) is 11.9. The topological polar surface area (TPSA) is 47.6 Å². The molecule has 5 heteroatoms. The third-order valence-corrected chi connectivity index (χ3v) is 3.71. The number of carbonyl (C=O) groups excluding carboxylic acids is 1. The van der Waals surface area contributed by atoms with E-state index in [0.717, 1.165) is 5.56 Å². The number of anilines is 1. The molecule has 2 rings (SSSR count). The number of rotatable bonds is 6. The van der Waals surface area contributed by atoms with Gasteiger partial charge in [0.2, 0.25) is 0 Å². The van der Waals surface area contributed by atoms with Crippen molar-refractivity contribution in [2.24, 2.45) is 0 Å². The Labute approximate surface area is 147 Å². The molecule has 24 heavy (non-hydrogen) atoms. The number of benzene rings is 2. The lowest BCUT2D eigenvalue weighted by Gasteiger charge is -2.16. The third-order valence-electron chi connectivity index (χ3n) is 3.28. The fraction of sp³-hybridized carbons (Fsp3) is 0.316. The fourth-order valence-corrected chi connectivity index (χ4v) is 2.23. The van der Waals surface area contributed by atoms with E-state index in [1.165, 1.54) is 0 Å². The highest BCUT2D eigenvalue weighted by Crippen LogP contribution is 2.23. The van der Waals surface area contributed by atoms with Crippen LogP contribution in [0.1, 0.15) is 26.3 Å². The van der Waals surface area contributed by atoms with Crippen LogP contribution in [0.3, 0.4) is 0 Å². The van der Waals surface area contributed by atoms with Gasteiger partial charge in [0, 0.05) is 16.8 Å². The van der Waals surface area contributed by atoms with Crippen LogP contribution in [-0.4, -0.2) is 18.1 Å². The van der Waals surface area contributed by atoms with Crippen LogP contribution >= 0.6 is 11.6 Å². The summed E-state index contributed by atoms with van der Waals surface area (Å²) < 4.78 is 11.3. The third kappa shape index (κ3) is 5.17. The predicted octanol–water partition coefficient (Wildman–Crippen LogP) is 4.84. The van der Waals surface area contributed by atoms with Crippen LogP contribution in [0.25, 0.3) is 0 Å². The van der Waals surface area contributed by atoms with Crippen molar-refractivity contribution >= 4 is 23.2 Å². The molecule has 2 aromatic carbocycles. The second-order valence-electron chi connectivity index (χ2n) is 5.85. The molecular weight excluding hydrogens is 326 g/mol. The second-order valence-corrected chi connectivity index (χ2v) is 6.26. The molecular formula is C19H22ClNO3. The summed E-state index contributed by atoms with van der Waals surface area (Å²) in [7, 11) is 0. The molecule has 0 saturated heterocycles. The highest BCUT2D eigenvalue weighted by Gasteiger charge is 2.15. The van der Waals surface area contributed by atoms with Crippen LogP contribution in [0.15, 0.2) is 42.5 Å². The van der Waals surface area contributed by atoms with Gasteiger partial charge in [0.15, 0.2) is 6.10 Å². The maximum absolute atomic E-state index is 12.3. The largest absolute Gasteiger partial charge is 0.491 e. The summed E-state index contributed by atoms with van der Waals surface area (Å²) in [6.45, 7) is 7.50. The Morgan fingerprint density at radius 2 is 1.75 bits per heavy atom. The first-order chi connectivity index (χ1) is 11.3. The first kappa shape index (κ1) is 18.1. The van der Waals surface area contributed by atoms with Crippen molar-refractivity contribution in [3.05, 3.63) is 53.1 Å². The van der Waals surface area contributed by atoms with E-state index in [2.05, 4.69) is 5.32 Å². The molecule has 1 atom stereocenters. The molecule has 0 aliphatic carbocycles. The van der Waals surface area contributed by atoms with E-state index in [-0.39, 0.29) is 12.0 Å². The van der Waals surface area contributed by atoms with E-state index < -0.39 is 6.10 Å². The van der Waals surface area contributed by atoms with Gasteiger partial charge in [0.1, 0.15) is 11.5 Å². The number of nitrogens with one attached hydrogen (secondary N) is 1. The Kier molecular flexibility index (Phi) is 6.10. The van der Waals surface area contributed by atoms with Gasteiger partial charge in [-0.25, -0.2) is 0 Å². The highest BCUT2D eigenvalue weighted by atomic mass is 35.5. The SMILES string of the molecule is Cc1cc(OC(C)C(=O)Nc2cccc(OC(C)C)c2)ccc1Cl. The van der Waals surface area contributed by atoms with Gasteiger partial charge in [0.25, 0.3) is 5.91 Å². The molecule has 1 N–H and O–H groups in total. The van der Waals surface area contributed by atoms with Crippen molar-refractivity contribution < 1.29 is 14.3 Å². The maximum Gasteiger partial charge on any atom is 0.265 e. The van der Waals surface area contributed by atoms with Gasteiger partial charge in [-0.2, -0.15) is 0 Å². The van der Waals surface area contributed by atoms with Crippen LogP contribution in [0.5, 0.6) is 11.5 Å². The second kappa shape index (κ2) is 8.06. The van der Waals surface area contributed by atoms with Gasteiger partial charge in [-0.05, 0) is 63.6 Å². The van der Waals surface area contributed by atoms with Gasteiger partial charge >= 0.3 is 0 Å². The predicted molar refractivity (Wildman–Crippen MR) is 97.1 cm³/mol. The van der Waals surface area contributed by atoms with Crippen molar-refractivity contribution in [1.82, 2.24) is 0 Å². The van der Waals surface area contributed by atoms with Gasteiger partial charge in [0.05, 0.1) is 6.10 Å². The number of amides is 1. The minimum Gasteiger partial charge on any atom is -0.491 e. The lowest BCUT2D eigenvalue weighted by Crippen LogP contribution is -2.30. The fourth-order valence-electron chi connectivity index (χ4n) is 2.11. The minimum atomic E-state index is -0.639. The lowest BCUT2D eigenvalue weighted by atomic mass is 10.2. The van der Waals surface area contributed by atoms with Crippen molar-refractivity contribution in [1.29, 1.82) is 0 Å². The summed E-state index contributed by atoms with van der Waals surface area (Å²) in [5, 5.41) is 3.50. The van der Waals surface area contributed by atoms with E-state index in [9.17, 15) is 4.79 Å². The van der Waals surface area contributed by atoms with Crippen LogP contribution in [0, 0.1) is 6.92 Å². The molecule has 0 heterocycles.